The van der Waals surface area contributed by atoms with E-state index in [4.69, 9.17) is 4.74 Å². The van der Waals surface area contributed by atoms with E-state index < -0.39 is 0 Å². The molecule has 6 heteroatoms. The van der Waals surface area contributed by atoms with E-state index in [0.717, 1.165) is 24.1 Å². The molecule has 1 aromatic heterocycles. The van der Waals surface area contributed by atoms with Crippen molar-refractivity contribution in [2.24, 2.45) is 0 Å². The largest absolute Gasteiger partial charge is 0.495 e. The van der Waals surface area contributed by atoms with Gasteiger partial charge in [-0.25, -0.2) is 0 Å². The zero-order valence-corrected chi connectivity index (χ0v) is 17.1. The molecule has 2 heterocycles. The number of fused-ring (bicyclic) bond motifs is 2. The van der Waals surface area contributed by atoms with Crippen molar-refractivity contribution in [1.29, 1.82) is 0 Å². The Bertz CT molecular complexity index is 1330. The second-order valence-electron chi connectivity index (χ2n) is 7.48. The maximum atomic E-state index is 13.8. The summed E-state index contributed by atoms with van der Waals surface area (Å²) in [6, 6.07) is 22.1. The van der Waals surface area contributed by atoms with Crippen LogP contribution in [0.25, 0.3) is 16.5 Å². The van der Waals surface area contributed by atoms with E-state index in [1.807, 2.05) is 42.5 Å². The summed E-state index contributed by atoms with van der Waals surface area (Å²) < 4.78 is 6.87. The number of carbonyl (C=O) groups is 1. The maximum absolute atomic E-state index is 13.8. The minimum absolute atomic E-state index is 0.244. The molecule has 6 nitrogen and oxygen atoms in total. The number of aryl methyl sites for hydroxylation is 1. The molecule has 0 spiro atoms. The Hall–Kier alpha value is -3.93. The van der Waals surface area contributed by atoms with E-state index >= 15 is 0 Å². The molecule has 1 aliphatic rings. The molecule has 0 N–H and O–H groups in total. The molecule has 5 rings (SSSR count). The minimum atomic E-state index is -0.255. The number of para-hydroxylation sites is 2. The van der Waals surface area contributed by atoms with Crippen LogP contribution in [-0.2, 0) is 6.42 Å². The first kappa shape index (κ1) is 19.1. The SMILES string of the molecule is COc1cccc2c1N(C(=O)c1nn(-c3ccccc3)c(=O)c3ccccc13)CCC2. The van der Waals surface area contributed by atoms with Gasteiger partial charge in [-0.3, -0.25) is 9.59 Å². The van der Waals surface area contributed by atoms with Crippen molar-refractivity contribution < 1.29 is 9.53 Å². The second-order valence-corrected chi connectivity index (χ2v) is 7.48. The molecule has 1 aliphatic heterocycles. The monoisotopic (exact) mass is 411 g/mol. The standard InChI is InChI=1S/C25H21N3O3/c1-31-21-15-7-9-17-10-8-16-27(23(17)21)25(30)22-19-13-5-6-14-20(19)24(29)28(26-22)18-11-3-2-4-12-18/h2-7,9,11-15H,8,10,16H2,1H3. The molecular weight excluding hydrogens is 390 g/mol. The Morgan fingerprint density at radius 1 is 0.935 bits per heavy atom. The van der Waals surface area contributed by atoms with Gasteiger partial charge in [0.15, 0.2) is 5.69 Å². The van der Waals surface area contributed by atoms with Crippen LogP contribution in [0.4, 0.5) is 5.69 Å². The third kappa shape index (κ3) is 3.17. The number of anilines is 1. The molecule has 154 valence electrons. The number of ether oxygens (including phenoxy) is 1. The highest BCUT2D eigenvalue weighted by molar-refractivity contribution is 6.13. The summed E-state index contributed by atoms with van der Waals surface area (Å²) in [5.74, 6) is 0.414. The predicted octanol–water partition coefficient (Wildman–Crippen LogP) is 3.99. The van der Waals surface area contributed by atoms with Crippen molar-refractivity contribution in [2.45, 2.75) is 12.8 Å². The summed E-state index contributed by atoms with van der Waals surface area (Å²) >= 11 is 0. The van der Waals surface area contributed by atoms with Crippen LogP contribution in [-0.4, -0.2) is 29.3 Å². The number of amides is 1. The quantitative estimate of drug-likeness (QED) is 0.511. The van der Waals surface area contributed by atoms with Crippen molar-refractivity contribution in [3.05, 3.63) is 94.4 Å². The van der Waals surface area contributed by atoms with E-state index in [1.54, 1.807) is 42.3 Å². The topological polar surface area (TPSA) is 64.4 Å². The summed E-state index contributed by atoms with van der Waals surface area (Å²) in [4.78, 5) is 28.7. The Labute approximate surface area is 179 Å². The van der Waals surface area contributed by atoms with Crippen LogP contribution in [0.1, 0.15) is 22.5 Å². The van der Waals surface area contributed by atoms with Crippen LogP contribution in [0.5, 0.6) is 5.75 Å². The Morgan fingerprint density at radius 3 is 2.45 bits per heavy atom. The number of methoxy groups -OCH3 is 1. The Morgan fingerprint density at radius 2 is 1.68 bits per heavy atom. The van der Waals surface area contributed by atoms with E-state index in [9.17, 15) is 9.59 Å². The third-order valence-electron chi connectivity index (χ3n) is 5.65. The first-order valence-corrected chi connectivity index (χ1v) is 10.2. The molecule has 1 amide bonds. The molecule has 0 aliphatic carbocycles. The van der Waals surface area contributed by atoms with Crippen LogP contribution in [0, 0.1) is 0 Å². The fraction of sp³-hybridized carbons (Fsp3) is 0.160. The minimum Gasteiger partial charge on any atom is -0.495 e. The van der Waals surface area contributed by atoms with Crippen LogP contribution in [0.2, 0.25) is 0 Å². The number of benzene rings is 3. The summed E-state index contributed by atoms with van der Waals surface area (Å²) in [6.07, 6.45) is 1.73. The van der Waals surface area contributed by atoms with Gasteiger partial charge in [0.25, 0.3) is 11.5 Å². The van der Waals surface area contributed by atoms with Gasteiger partial charge >= 0.3 is 0 Å². The normalized spacial score (nSPS) is 13.1. The van der Waals surface area contributed by atoms with Crippen LogP contribution in [0.15, 0.2) is 77.6 Å². The first-order chi connectivity index (χ1) is 15.2. The number of hydrogen-bond donors (Lipinski definition) is 0. The fourth-order valence-electron chi connectivity index (χ4n) is 4.20. The highest BCUT2D eigenvalue weighted by Gasteiger charge is 2.29. The molecule has 0 atom stereocenters. The van der Waals surface area contributed by atoms with Crippen molar-refractivity contribution in [3.63, 3.8) is 0 Å². The van der Waals surface area contributed by atoms with Crippen molar-refractivity contribution in [3.8, 4) is 11.4 Å². The molecule has 0 saturated carbocycles. The van der Waals surface area contributed by atoms with Gasteiger partial charge in [0.05, 0.1) is 23.9 Å². The van der Waals surface area contributed by atoms with E-state index in [0.29, 0.717) is 28.8 Å². The molecule has 4 aromatic rings. The lowest BCUT2D eigenvalue weighted by Gasteiger charge is -2.31. The highest BCUT2D eigenvalue weighted by Crippen LogP contribution is 2.37. The predicted molar refractivity (Wildman–Crippen MR) is 120 cm³/mol. The van der Waals surface area contributed by atoms with Gasteiger partial charge in [0, 0.05) is 11.9 Å². The van der Waals surface area contributed by atoms with Crippen LogP contribution < -0.4 is 15.2 Å². The molecule has 31 heavy (non-hydrogen) atoms. The van der Waals surface area contributed by atoms with Gasteiger partial charge in [-0.15, -0.1) is 0 Å². The Kier molecular flexibility index (Phi) is 4.75. The van der Waals surface area contributed by atoms with E-state index in [2.05, 4.69) is 5.10 Å². The second kappa shape index (κ2) is 7.72. The number of aromatic nitrogens is 2. The van der Waals surface area contributed by atoms with Gasteiger partial charge in [0.2, 0.25) is 0 Å². The van der Waals surface area contributed by atoms with Gasteiger partial charge in [0.1, 0.15) is 5.75 Å². The van der Waals surface area contributed by atoms with Gasteiger partial charge in [-0.2, -0.15) is 9.78 Å². The van der Waals surface area contributed by atoms with E-state index in [-0.39, 0.29) is 17.2 Å². The lowest BCUT2D eigenvalue weighted by Crippen LogP contribution is -2.38. The maximum Gasteiger partial charge on any atom is 0.279 e. The molecule has 0 unspecified atom stereocenters. The van der Waals surface area contributed by atoms with Crippen LogP contribution >= 0.6 is 0 Å². The number of carbonyl (C=O) groups excluding carboxylic acids is 1. The number of hydrogen-bond acceptors (Lipinski definition) is 4. The molecule has 0 bridgehead atoms. The summed E-state index contributed by atoms with van der Waals surface area (Å²) in [7, 11) is 1.61. The summed E-state index contributed by atoms with van der Waals surface area (Å²) in [5, 5.41) is 5.55. The summed E-state index contributed by atoms with van der Waals surface area (Å²) in [5.41, 5.74) is 2.46. The molecule has 0 saturated heterocycles. The average Bonchev–Trinajstić information content (AvgIpc) is 2.84. The molecule has 0 radical (unpaired) electrons. The number of nitrogens with zero attached hydrogens (tertiary/aromatic N) is 3. The lowest BCUT2D eigenvalue weighted by atomic mass is 10.00. The average molecular weight is 411 g/mol. The van der Waals surface area contributed by atoms with Crippen molar-refractivity contribution in [2.75, 3.05) is 18.6 Å². The van der Waals surface area contributed by atoms with Gasteiger partial charge in [-0.05, 0) is 42.7 Å². The molecular formula is C25H21N3O3. The fourth-order valence-corrected chi connectivity index (χ4v) is 4.20. The van der Waals surface area contributed by atoms with Crippen molar-refractivity contribution >= 4 is 22.4 Å². The lowest BCUT2D eigenvalue weighted by molar-refractivity contribution is 0.0979. The van der Waals surface area contributed by atoms with Gasteiger partial charge in [-0.1, -0.05) is 48.5 Å². The Balaban J connectivity index is 1.73. The zero-order valence-electron chi connectivity index (χ0n) is 17.1. The van der Waals surface area contributed by atoms with Crippen LogP contribution in [0.3, 0.4) is 0 Å². The molecule has 0 fully saturated rings. The number of rotatable bonds is 3. The summed E-state index contributed by atoms with van der Waals surface area (Å²) in [6.45, 7) is 0.562. The highest BCUT2D eigenvalue weighted by atomic mass is 16.5. The van der Waals surface area contributed by atoms with Gasteiger partial charge < -0.3 is 9.64 Å². The van der Waals surface area contributed by atoms with E-state index in [1.165, 1.54) is 4.68 Å². The molecule has 3 aromatic carbocycles. The smallest absolute Gasteiger partial charge is 0.279 e. The first-order valence-electron chi connectivity index (χ1n) is 10.2. The third-order valence-corrected chi connectivity index (χ3v) is 5.65. The van der Waals surface area contributed by atoms with Crippen molar-refractivity contribution in [1.82, 2.24) is 9.78 Å². The zero-order chi connectivity index (χ0) is 21.4.